The zero-order valence-corrected chi connectivity index (χ0v) is 26.1. The molecule has 0 unspecified atom stereocenters. The minimum absolute atomic E-state index is 0.0408. The Morgan fingerprint density at radius 1 is 0.957 bits per heavy atom. The summed E-state index contributed by atoms with van der Waals surface area (Å²) in [6, 6.07) is 36.2. The number of nitrogens with zero attached hydrogens (tertiary/aromatic N) is 3. The monoisotopic (exact) mass is 650 g/mol. The first kappa shape index (κ1) is 33.0. The third-order valence-corrected chi connectivity index (χ3v) is 8.36. The number of halogens is 3. The molecule has 0 saturated heterocycles. The highest BCUT2D eigenvalue weighted by atomic mass is 32.2. The molecule has 5 aromatic rings. The fraction of sp³-hybridized carbons (Fsp3) is 0.135. The lowest BCUT2D eigenvalue weighted by atomic mass is 9.88. The zero-order chi connectivity index (χ0) is 33.2. The summed E-state index contributed by atoms with van der Waals surface area (Å²) in [6.45, 7) is 0. The van der Waals surface area contributed by atoms with Crippen molar-refractivity contribution in [2.45, 2.75) is 29.3 Å². The Morgan fingerprint density at radius 3 is 2.15 bits per heavy atom. The van der Waals surface area contributed by atoms with Crippen molar-refractivity contribution in [3.05, 3.63) is 149 Å². The Hall–Kier alpha value is -5.40. The van der Waals surface area contributed by atoms with Gasteiger partial charge >= 0.3 is 6.18 Å². The van der Waals surface area contributed by atoms with Crippen molar-refractivity contribution in [1.29, 1.82) is 5.26 Å². The van der Waals surface area contributed by atoms with E-state index >= 15 is 0 Å². The summed E-state index contributed by atoms with van der Waals surface area (Å²) in [6.07, 6.45) is -3.03. The van der Waals surface area contributed by atoms with Crippen molar-refractivity contribution < 1.29 is 22.7 Å². The van der Waals surface area contributed by atoms with Gasteiger partial charge in [-0.05, 0) is 46.5 Å². The summed E-state index contributed by atoms with van der Waals surface area (Å²) in [5.41, 5.74) is 5.52. The quantitative estimate of drug-likeness (QED) is 0.0879. The summed E-state index contributed by atoms with van der Waals surface area (Å²) in [4.78, 5) is 16.8. The van der Waals surface area contributed by atoms with Crippen LogP contribution in [0.4, 0.5) is 13.2 Å². The largest absolute Gasteiger partial charge is 0.496 e. The van der Waals surface area contributed by atoms with Gasteiger partial charge in [-0.15, -0.1) is 11.8 Å². The number of benzene rings is 4. The Bertz CT molecular complexity index is 1860. The third kappa shape index (κ3) is 8.45. The highest BCUT2D eigenvalue weighted by Crippen LogP contribution is 2.38. The third-order valence-electron chi connectivity index (χ3n) is 7.34. The number of carbonyl (C=O) groups is 1. The van der Waals surface area contributed by atoms with Gasteiger partial charge in [-0.25, -0.2) is 10.4 Å². The molecular formula is C37H29F3N4O2S. The summed E-state index contributed by atoms with van der Waals surface area (Å²) < 4.78 is 47.0. The van der Waals surface area contributed by atoms with Crippen LogP contribution < -0.4 is 10.2 Å². The van der Waals surface area contributed by atoms with Crippen LogP contribution in [0.5, 0.6) is 5.75 Å². The number of alkyl halides is 3. The van der Waals surface area contributed by atoms with Crippen molar-refractivity contribution in [2.24, 2.45) is 5.10 Å². The highest BCUT2D eigenvalue weighted by Gasteiger charge is 2.34. The molecule has 0 saturated carbocycles. The molecule has 1 aromatic heterocycles. The predicted octanol–water partition coefficient (Wildman–Crippen LogP) is 8.61. The lowest BCUT2D eigenvalue weighted by molar-refractivity contribution is -0.141. The topological polar surface area (TPSA) is 87.4 Å². The molecule has 0 radical (unpaired) electrons. The maximum atomic E-state index is 13.8. The molecule has 1 amide bonds. The molecule has 10 heteroatoms. The van der Waals surface area contributed by atoms with Crippen LogP contribution in [0, 0.1) is 11.3 Å². The fourth-order valence-corrected chi connectivity index (χ4v) is 6.05. The molecule has 0 bridgehead atoms. The zero-order valence-electron chi connectivity index (χ0n) is 25.2. The maximum Gasteiger partial charge on any atom is 0.433 e. The van der Waals surface area contributed by atoms with Crippen molar-refractivity contribution in [3.63, 3.8) is 0 Å². The second-order valence-corrected chi connectivity index (χ2v) is 11.4. The second kappa shape index (κ2) is 15.3. The lowest BCUT2D eigenvalue weighted by Crippen LogP contribution is -2.20. The first-order chi connectivity index (χ1) is 22.8. The number of pyridine rings is 1. The Labute approximate surface area is 275 Å². The van der Waals surface area contributed by atoms with Gasteiger partial charge < -0.3 is 4.74 Å². The number of amides is 1. The average Bonchev–Trinajstić information content (AvgIpc) is 3.10. The summed E-state index contributed by atoms with van der Waals surface area (Å²) >= 11 is 1.01. The van der Waals surface area contributed by atoms with Crippen LogP contribution in [-0.2, 0) is 16.7 Å². The minimum Gasteiger partial charge on any atom is -0.496 e. The van der Waals surface area contributed by atoms with Gasteiger partial charge in [0.05, 0.1) is 18.9 Å². The second-order valence-electron chi connectivity index (χ2n) is 10.4. The van der Waals surface area contributed by atoms with Crippen LogP contribution >= 0.6 is 11.8 Å². The van der Waals surface area contributed by atoms with E-state index in [2.05, 4.69) is 15.5 Å². The molecule has 0 atom stereocenters. The van der Waals surface area contributed by atoms with Crippen LogP contribution in [0.1, 0.15) is 45.8 Å². The van der Waals surface area contributed by atoms with Crippen molar-refractivity contribution >= 4 is 23.9 Å². The molecule has 0 aliphatic heterocycles. The maximum absolute atomic E-state index is 13.8. The van der Waals surface area contributed by atoms with E-state index < -0.39 is 11.9 Å². The standard InChI is InChI=1S/C37H29F3N4O2S/c1-46-33-18-17-25(23-42-44-35(45)21-30(26-11-5-2-6-12-26)27-13-7-3-8-14-27)19-29(33)24-47-36-32(22-41)31(28-15-9-4-10-16-28)20-34(43-36)37(38,39)40/h2-20,23,30H,21,24H2,1H3,(H,44,45)/b42-23-. The molecule has 0 aliphatic rings. The molecule has 0 aliphatic carbocycles. The van der Waals surface area contributed by atoms with Gasteiger partial charge in [0.25, 0.3) is 0 Å². The fourth-order valence-electron chi connectivity index (χ4n) is 5.07. The van der Waals surface area contributed by atoms with Gasteiger partial charge in [0.2, 0.25) is 5.91 Å². The molecule has 1 N–H and O–H groups in total. The van der Waals surface area contributed by atoms with Gasteiger partial charge in [-0.1, -0.05) is 91.0 Å². The lowest BCUT2D eigenvalue weighted by Gasteiger charge is -2.17. The molecule has 5 rings (SSSR count). The highest BCUT2D eigenvalue weighted by molar-refractivity contribution is 7.98. The van der Waals surface area contributed by atoms with Crippen LogP contribution in [0.3, 0.4) is 0 Å². The number of thioether (sulfide) groups is 1. The first-order valence-electron chi connectivity index (χ1n) is 14.6. The van der Waals surface area contributed by atoms with E-state index in [1.165, 1.54) is 13.3 Å². The Kier molecular flexibility index (Phi) is 10.7. The molecule has 4 aromatic carbocycles. The smallest absolute Gasteiger partial charge is 0.433 e. The van der Waals surface area contributed by atoms with E-state index in [4.69, 9.17) is 4.74 Å². The van der Waals surface area contributed by atoms with Gasteiger partial charge in [0.1, 0.15) is 22.5 Å². The number of hydrogen-bond acceptors (Lipinski definition) is 6. The van der Waals surface area contributed by atoms with E-state index in [0.717, 1.165) is 29.0 Å². The van der Waals surface area contributed by atoms with E-state index in [-0.39, 0.29) is 40.2 Å². The number of nitriles is 1. The predicted molar refractivity (Wildman–Crippen MR) is 177 cm³/mol. The molecule has 6 nitrogen and oxygen atoms in total. The van der Waals surface area contributed by atoms with Crippen molar-refractivity contribution in [1.82, 2.24) is 10.4 Å². The Balaban J connectivity index is 1.33. The summed E-state index contributed by atoms with van der Waals surface area (Å²) in [5, 5.41) is 14.1. The van der Waals surface area contributed by atoms with Gasteiger partial charge in [-0.2, -0.15) is 23.5 Å². The first-order valence-corrected chi connectivity index (χ1v) is 15.5. The molecule has 0 fully saturated rings. The van der Waals surface area contributed by atoms with Crippen LogP contribution in [0.2, 0.25) is 0 Å². The summed E-state index contributed by atoms with van der Waals surface area (Å²) in [5.74, 6) is 0.241. The number of aromatic nitrogens is 1. The molecule has 1 heterocycles. The van der Waals surface area contributed by atoms with Gasteiger partial charge in [0.15, 0.2) is 0 Å². The number of methoxy groups -OCH3 is 1. The SMILES string of the molecule is COc1ccc(/C=N\NC(=O)CC(c2ccccc2)c2ccccc2)cc1CSc1nc(C(F)(F)F)cc(-c2ccccc2)c1C#N. The number of hydrazone groups is 1. The Morgan fingerprint density at radius 2 is 1.57 bits per heavy atom. The molecule has 47 heavy (non-hydrogen) atoms. The number of carbonyl (C=O) groups excluding carboxylic acids is 1. The molecule has 0 spiro atoms. The van der Waals surface area contributed by atoms with Gasteiger partial charge in [0, 0.05) is 29.2 Å². The molecule has 236 valence electrons. The minimum atomic E-state index is -4.70. The van der Waals surface area contributed by atoms with Crippen LogP contribution in [0.25, 0.3) is 11.1 Å². The van der Waals surface area contributed by atoms with Crippen molar-refractivity contribution in [2.75, 3.05) is 7.11 Å². The summed E-state index contributed by atoms with van der Waals surface area (Å²) in [7, 11) is 1.49. The van der Waals surface area contributed by atoms with Crippen LogP contribution in [-0.4, -0.2) is 24.2 Å². The molecular weight excluding hydrogens is 621 g/mol. The number of nitrogens with one attached hydrogen (secondary N) is 1. The van der Waals surface area contributed by atoms with E-state index in [1.54, 1.807) is 48.5 Å². The van der Waals surface area contributed by atoms with E-state index in [9.17, 15) is 23.2 Å². The normalized spacial score (nSPS) is 11.4. The van der Waals surface area contributed by atoms with E-state index in [1.807, 2.05) is 66.7 Å². The van der Waals surface area contributed by atoms with E-state index in [0.29, 0.717) is 22.4 Å². The number of hydrogen-bond donors (Lipinski definition) is 1. The van der Waals surface area contributed by atoms with Gasteiger partial charge in [-0.3, -0.25) is 4.79 Å². The number of rotatable bonds is 11. The van der Waals surface area contributed by atoms with Crippen LogP contribution in [0.15, 0.2) is 125 Å². The number of ether oxygens (including phenoxy) is 1. The van der Waals surface area contributed by atoms with Crippen molar-refractivity contribution in [3.8, 4) is 22.9 Å². The average molecular weight is 651 g/mol.